The molecule has 1 aromatic carbocycles. The minimum absolute atomic E-state index is 0.138. The third kappa shape index (κ3) is 2.95. The molecule has 0 aliphatic carbocycles. The van der Waals surface area contributed by atoms with Crippen molar-refractivity contribution in [3.63, 3.8) is 0 Å². The van der Waals surface area contributed by atoms with E-state index in [9.17, 15) is 4.79 Å². The molecule has 1 amide bonds. The van der Waals surface area contributed by atoms with Crippen LogP contribution < -0.4 is 19.7 Å². The number of hydrogen-bond donors (Lipinski definition) is 1. The Kier molecular flexibility index (Phi) is 3.85. The highest BCUT2D eigenvalue weighted by atomic mass is 16.7. The van der Waals surface area contributed by atoms with Gasteiger partial charge < -0.3 is 19.7 Å². The summed E-state index contributed by atoms with van der Waals surface area (Å²) in [6.45, 7) is 2.79. The first kappa shape index (κ1) is 16.0. The number of anilines is 1. The maximum absolute atomic E-state index is 12.7. The van der Waals surface area contributed by atoms with Crippen molar-refractivity contribution in [3.05, 3.63) is 53.9 Å². The van der Waals surface area contributed by atoms with E-state index in [1.807, 2.05) is 30.5 Å². The van der Waals surface area contributed by atoms with Gasteiger partial charge in [0.25, 0.3) is 5.91 Å². The summed E-state index contributed by atoms with van der Waals surface area (Å²) in [6, 6.07) is 9.79. The van der Waals surface area contributed by atoms with E-state index < -0.39 is 0 Å². The Morgan fingerprint density at radius 3 is 2.85 bits per heavy atom. The summed E-state index contributed by atoms with van der Waals surface area (Å²) >= 11 is 0. The topological polar surface area (TPSA) is 68.1 Å². The number of fused-ring (bicyclic) bond motifs is 2. The first-order valence-electron chi connectivity index (χ1n) is 9.17. The molecule has 5 rings (SSSR count). The Bertz CT molecular complexity index is 1010. The monoisotopic (exact) mass is 364 g/mol. The number of carbonyl (C=O) groups excluding carboxylic acids is 1. The van der Waals surface area contributed by atoms with Gasteiger partial charge in [-0.1, -0.05) is 6.07 Å². The number of rotatable bonds is 4. The van der Waals surface area contributed by atoms with Crippen LogP contribution in [0.5, 0.6) is 11.5 Å². The van der Waals surface area contributed by atoms with Gasteiger partial charge in [-0.15, -0.1) is 0 Å². The summed E-state index contributed by atoms with van der Waals surface area (Å²) < 4.78 is 12.4. The van der Waals surface area contributed by atoms with Crippen LogP contribution in [0.4, 0.5) is 5.69 Å². The lowest BCUT2D eigenvalue weighted by molar-refractivity contribution is 0.0952. The molecule has 27 heavy (non-hydrogen) atoms. The van der Waals surface area contributed by atoms with Crippen LogP contribution in [-0.2, 0) is 6.54 Å². The molecule has 2 aliphatic rings. The van der Waals surface area contributed by atoms with Crippen LogP contribution in [0.1, 0.15) is 28.8 Å². The smallest absolute Gasteiger partial charge is 0.255 e. The Hall–Kier alpha value is -3.22. The molecule has 1 fully saturated rings. The average molecular weight is 364 g/mol. The van der Waals surface area contributed by atoms with Gasteiger partial charge in [-0.3, -0.25) is 4.79 Å². The zero-order valence-corrected chi connectivity index (χ0v) is 14.9. The Morgan fingerprint density at radius 1 is 1.11 bits per heavy atom. The highest BCUT2D eigenvalue weighted by molar-refractivity contribution is 6.01. The van der Waals surface area contributed by atoms with Gasteiger partial charge in [0, 0.05) is 31.5 Å². The SMILES string of the molecule is O=C(NCc1ccc2c(c1)OCO2)c1cnn2ccc(N3CCCC3)cc12. The fourth-order valence-corrected chi connectivity index (χ4v) is 3.64. The summed E-state index contributed by atoms with van der Waals surface area (Å²) in [4.78, 5) is 15.1. The lowest BCUT2D eigenvalue weighted by Gasteiger charge is -2.17. The summed E-state index contributed by atoms with van der Waals surface area (Å²) in [6.07, 6.45) is 5.97. The van der Waals surface area contributed by atoms with Crippen molar-refractivity contribution in [1.29, 1.82) is 0 Å². The zero-order valence-electron chi connectivity index (χ0n) is 14.9. The van der Waals surface area contributed by atoms with Gasteiger partial charge in [-0.25, -0.2) is 4.52 Å². The van der Waals surface area contributed by atoms with E-state index in [4.69, 9.17) is 9.47 Å². The van der Waals surface area contributed by atoms with Crippen LogP contribution in [0.15, 0.2) is 42.7 Å². The highest BCUT2D eigenvalue weighted by Crippen LogP contribution is 2.32. The maximum atomic E-state index is 12.7. The molecule has 138 valence electrons. The van der Waals surface area contributed by atoms with Crippen molar-refractivity contribution in [2.75, 3.05) is 24.8 Å². The van der Waals surface area contributed by atoms with E-state index in [2.05, 4.69) is 21.4 Å². The van der Waals surface area contributed by atoms with Crippen molar-refractivity contribution in [2.24, 2.45) is 0 Å². The van der Waals surface area contributed by atoms with Crippen molar-refractivity contribution >= 4 is 17.1 Å². The second-order valence-corrected chi connectivity index (χ2v) is 6.84. The highest BCUT2D eigenvalue weighted by Gasteiger charge is 2.17. The third-order valence-corrected chi connectivity index (χ3v) is 5.11. The summed E-state index contributed by atoms with van der Waals surface area (Å²) in [5.41, 5.74) is 3.51. The normalized spacial score (nSPS) is 15.5. The van der Waals surface area contributed by atoms with Crippen molar-refractivity contribution in [3.8, 4) is 11.5 Å². The number of benzene rings is 1. The molecule has 0 atom stereocenters. The first-order valence-corrected chi connectivity index (χ1v) is 9.17. The molecule has 1 saturated heterocycles. The minimum Gasteiger partial charge on any atom is -0.454 e. The predicted molar refractivity (Wildman–Crippen MR) is 100 cm³/mol. The van der Waals surface area contributed by atoms with Crippen LogP contribution in [-0.4, -0.2) is 35.4 Å². The van der Waals surface area contributed by atoms with Crippen LogP contribution in [0.3, 0.4) is 0 Å². The molecule has 0 saturated carbocycles. The molecule has 0 unspecified atom stereocenters. The zero-order chi connectivity index (χ0) is 18.2. The summed E-state index contributed by atoms with van der Waals surface area (Å²) in [5, 5.41) is 7.28. The number of hydrogen-bond acceptors (Lipinski definition) is 5. The van der Waals surface area contributed by atoms with Gasteiger partial charge in [0.05, 0.1) is 17.3 Å². The van der Waals surface area contributed by atoms with E-state index in [-0.39, 0.29) is 12.7 Å². The number of aromatic nitrogens is 2. The van der Waals surface area contributed by atoms with Gasteiger partial charge in [-0.2, -0.15) is 5.10 Å². The summed E-state index contributed by atoms with van der Waals surface area (Å²) in [7, 11) is 0. The summed E-state index contributed by atoms with van der Waals surface area (Å²) in [5.74, 6) is 1.32. The average Bonchev–Trinajstić information content (AvgIpc) is 3.45. The number of pyridine rings is 1. The van der Waals surface area contributed by atoms with E-state index in [0.717, 1.165) is 35.6 Å². The van der Waals surface area contributed by atoms with Crippen molar-refractivity contribution in [2.45, 2.75) is 19.4 Å². The Balaban J connectivity index is 1.35. The number of amides is 1. The molecule has 0 radical (unpaired) electrons. The second-order valence-electron chi connectivity index (χ2n) is 6.84. The largest absolute Gasteiger partial charge is 0.454 e. The van der Waals surface area contributed by atoms with E-state index in [0.29, 0.717) is 17.9 Å². The van der Waals surface area contributed by atoms with Crippen LogP contribution in [0, 0.1) is 0 Å². The molecule has 2 aromatic heterocycles. The quantitative estimate of drug-likeness (QED) is 0.771. The Labute approximate surface area is 156 Å². The van der Waals surface area contributed by atoms with E-state index in [1.54, 1.807) is 10.7 Å². The first-order chi connectivity index (χ1) is 13.3. The van der Waals surface area contributed by atoms with E-state index in [1.165, 1.54) is 12.8 Å². The van der Waals surface area contributed by atoms with Crippen LogP contribution in [0.25, 0.3) is 5.52 Å². The molecule has 4 heterocycles. The fraction of sp³-hybridized carbons (Fsp3) is 0.300. The van der Waals surface area contributed by atoms with Gasteiger partial charge in [0.1, 0.15) is 0 Å². The van der Waals surface area contributed by atoms with Crippen LogP contribution >= 0.6 is 0 Å². The van der Waals surface area contributed by atoms with Gasteiger partial charge in [0.15, 0.2) is 11.5 Å². The molecular weight excluding hydrogens is 344 g/mol. The predicted octanol–water partition coefficient (Wildman–Crippen LogP) is 2.59. The lowest BCUT2D eigenvalue weighted by atomic mass is 10.2. The lowest BCUT2D eigenvalue weighted by Crippen LogP contribution is -2.22. The maximum Gasteiger partial charge on any atom is 0.255 e. The second kappa shape index (κ2) is 6.50. The van der Waals surface area contributed by atoms with Gasteiger partial charge in [-0.05, 0) is 42.7 Å². The molecular formula is C20H20N4O3. The molecule has 2 aliphatic heterocycles. The number of nitrogens with one attached hydrogen (secondary N) is 1. The molecule has 0 spiro atoms. The third-order valence-electron chi connectivity index (χ3n) is 5.11. The van der Waals surface area contributed by atoms with Gasteiger partial charge in [0.2, 0.25) is 6.79 Å². The minimum atomic E-state index is -0.138. The number of ether oxygens (including phenoxy) is 2. The fourth-order valence-electron chi connectivity index (χ4n) is 3.64. The van der Waals surface area contributed by atoms with Crippen molar-refractivity contribution < 1.29 is 14.3 Å². The molecule has 3 aromatic rings. The van der Waals surface area contributed by atoms with Gasteiger partial charge >= 0.3 is 0 Å². The van der Waals surface area contributed by atoms with Crippen LogP contribution in [0.2, 0.25) is 0 Å². The van der Waals surface area contributed by atoms with Crippen molar-refractivity contribution in [1.82, 2.24) is 14.9 Å². The molecule has 1 N–H and O–H groups in total. The molecule has 0 bridgehead atoms. The number of nitrogens with zero attached hydrogens (tertiary/aromatic N) is 3. The standard InChI is InChI=1S/C20H20N4O3/c25-20(21-11-14-3-4-18-19(9-14)27-13-26-18)16-12-22-24-8-5-15(10-17(16)24)23-6-1-2-7-23/h3-5,8-10,12H,1-2,6-7,11,13H2,(H,21,25). The molecule has 7 heteroatoms. The number of carbonyl (C=O) groups is 1. The molecule has 7 nitrogen and oxygen atoms in total. The van der Waals surface area contributed by atoms with E-state index >= 15 is 0 Å². The Morgan fingerprint density at radius 2 is 1.96 bits per heavy atom.